The number of carbonyl (C=O) groups excluding carboxylic acids is 6. The number of esters is 6. The van der Waals surface area contributed by atoms with Crippen LogP contribution in [0.5, 0.6) is 34.5 Å². The molecular weight excluding hydrogens is 969 g/mol. The molecule has 0 spiro atoms. The molecule has 0 bridgehead atoms. The Morgan fingerprint density at radius 3 is 1.20 bits per heavy atom. The molecule has 0 amide bonds. The van der Waals surface area contributed by atoms with Crippen LogP contribution in [0.3, 0.4) is 0 Å². The van der Waals surface area contributed by atoms with Crippen LogP contribution in [0.2, 0.25) is 0 Å². The number of carbonyl (C=O) groups is 6. The summed E-state index contributed by atoms with van der Waals surface area (Å²) in [4.78, 5) is 75.9. The third kappa shape index (κ3) is 14.0. The molecule has 378 valence electrons. The first kappa shape index (κ1) is 52.0. The molecule has 0 aromatic heterocycles. The molecule has 0 saturated carbocycles. The van der Waals surface area contributed by atoms with Crippen LogP contribution >= 0.6 is 0 Å². The summed E-state index contributed by atoms with van der Waals surface area (Å²) in [7, 11) is 0. The van der Waals surface area contributed by atoms with Crippen molar-refractivity contribution in [2.24, 2.45) is 0 Å². The van der Waals surface area contributed by atoms with Crippen LogP contribution in [0.25, 0.3) is 44.8 Å². The van der Waals surface area contributed by atoms with Gasteiger partial charge in [0.1, 0.15) is 60.9 Å². The maximum Gasteiger partial charge on any atom is 0.343 e. The molecule has 0 fully saturated rings. The highest BCUT2D eigenvalue weighted by atomic mass is 16.6. The Kier molecular flexibility index (Phi) is 17.3. The predicted octanol–water partition coefficient (Wildman–Crippen LogP) is 11.6. The Hall–Kier alpha value is -10.3. The standard InChI is InChI=1S/C62H46O14/c1-3-55(63)71-37-35-69-47-27-21-45(22-28-47)61(67)73-49-15-9-11-41(39-49)19-33-57(65)75-53-31-25-43-13-5-7-17-51(43)59(53)60-52-18-8-6-14-44(52)26-32-54(60)76-58(66)34-20-42-12-10-16-50(40-42)74-62(68)46-23-29-48(30-24-46)70-36-38-72-56(64)4-2/h3-34,39-40H,1-2,35-38H2/b33-19+,34-20+. The lowest BCUT2D eigenvalue weighted by atomic mass is 9.92. The molecule has 14 heteroatoms. The van der Waals surface area contributed by atoms with Gasteiger partial charge >= 0.3 is 35.8 Å². The average Bonchev–Trinajstić information content (AvgIpc) is 3.44. The van der Waals surface area contributed by atoms with E-state index in [2.05, 4.69) is 13.2 Å². The number of ether oxygens (including phenoxy) is 8. The molecule has 0 atom stereocenters. The van der Waals surface area contributed by atoms with Crippen LogP contribution in [0.1, 0.15) is 31.8 Å². The summed E-state index contributed by atoms with van der Waals surface area (Å²) in [6.07, 6.45) is 7.70. The number of hydrogen-bond donors (Lipinski definition) is 0. The van der Waals surface area contributed by atoms with Crippen molar-refractivity contribution in [2.45, 2.75) is 0 Å². The first-order valence-electron chi connectivity index (χ1n) is 23.6. The van der Waals surface area contributed by atoms with Crippen LogP contribution in [0, 0.1) is 0 Å². The third-order valence-corrected chi connectivity index (χ3v) is 11.1. The fraction of sp³-hybridized carbons (Fsp3) is 0.0645. The zero-order valence-electron chi connectivity index (χ0n) is 40.6. The second kappa shape index (κ2) is 25.4. The average molecular weight is 1020 g/mol. The Labute approximate surface area is 436 Å². The SMILES string of the molecule is C=CC(=O)OCCOc1ccc(C(=O)Oc2cccc(/C=C/C(=O)Oc3ccc4ccccc4c3-c3c(OC(=O)/C=C/c4cccc(OC(=O)c5ccc(OCCOC(=O)C=C)cc5)c4)ccc4ccccc34)c2)cc1. The van der Waals surface area contributed by atoms with E-state index in [-0.39, 0.29) is 60.6 Å². The van der Waals surface area contributed by atoms with Crippen LogP contribution < -0.4 is 28.4 Å². The highest BCUT2D eigenvalue weighted by Crippen LogP contribution is 2.45. The van der Waals surface area contributed by atoms with Gasteiger partial charge in [-0.25, -0.2) is 28.8 Å². The molecule has 0 aliphatic rings. The Balaban J connectivity index is 0.954. The second-order valence-corrected chi connectivity index (χ2v) is 16.2. The minimum atomic E-state index is -0.709. The molecule has 0 radical (unpaired) electrons. The minimum Gasteiger partial charge on any atom is -0.490 e. The Morgan fingerprint density at radius 1 is 0.382 bits per heavy atom. The zero-order valence-corrected chi connectivity index (χ0v) is 40.6. The van der Waals surface area contributed by atoms with Crippen LogP contribution in [0.4, 0.5) is 0 Å². The van der Waals surface area contributed by atoms with Crippen LogP contribution in [0.15, 0.2) is 207 Å². The van der Waals surface area contributed by atoms with Crippen molar-refractivity contribution in [1.82, 2.24) is 0 Å². The van der Waals surface area contributed by atoms with E-state index in [0.29, 0.717) is 33.8 Å². The van der Waals surface area contributed by atoms with Gasteiger partial charge in [-0.3, -0.25) is 0 Å². The van der Waals surface area contributed by atoms with Gasteiger partial charge < -0.3 is 37.9 Å². The topological polar surface area (TPSA) is 176 Å². The van der Waals surface area contributed by atoms with Crippen molar-refractivity contribution in [1.29, 1.82) is 0 Å². The molecule has 8 rings (SSSR count). The molecule has 8 aromatic rings. The van der Waals surface area contributed by atoms with Crippen molar-refractivity contribution < 1.29 is 66.7 Å². The second-order valence-electron chi connectivity index (χ2n) is 16.2. The molecule has 8 aromatic carbocycles. The fourth-order valence-corrected chi connectivity index (χ4v) is 7.59. The molecule has 0 N–H and O–H groups in total. The molecule has 0 aliphatic heterocycles. The van der Waals surface area contributed by atoms with Gasteiger partial charge in [-0.2, -0.15) is 0 Å². The third-order valence-electron chi connectivity index (χ3n) is 11.1. The lowest BCUT2D eigenvalue weighted by molar-refractivity contribution is -0.139. The highest BCUT2D eigenvalue weighted by molar-refractivity contribution is 6.11. The van der Waals surface area contributed by atoms with Gasteiger partial charge in [0.2, 0.25) is 0 Å². The van der Waals surface area contributed by atoms with Crippen molar-refractivity contribution in [2.75, 3.05) is 26.4 Å². The van der Waals surface area contributed by atoms with E-state index < -0.39 is 35.8 Å². The lowest BCUT2D eigenvalue weighted by Crippen LogP contribution is -2.11. The van der Waals surface area contributed by atoms with Crippen LogP contribution in [-0.4, -0.2) is 62.2 Å². The summed E-state index contributed by atoms with van der Waals surface area (Å²) in [5.74, 6) is -1.96. The van der Waals surface area contributed by atoms with Gasteiger partial charge in [0.25, 0.3) is 0 Å². The van der Waals surface area contributed by atoms with E-state index in [1.54, 1.807) is 109 Å². The van der Waals surface area contributed by atoms with E-state index in [1.165, 1.54) is 24.3 Å². The molecule has 0 heterocycles. The first-order chi connectivity index (χ1) is 37.0. The normalized spacial score (nSPS) is 10.9. The summed E-state index contributed by atoms with van der Waals surface area (Å²) in [6.45, 7) is 6.99. The summed E-state index contributed by atoms with van der Waals surface area (Å²) in [6, 6.07) is 48.0. The predicted molar refractivity (Wildman–Crippen MR) is 285 cm³/mol. The number of benzene rings is 8. The van der Waals surface area contributed by atoms with Crippen molar-refractivity contribution >= 4 is 69.5 Å². The van der Waals surface area contributed by atoms with Gasteiger partial charge in [0.15, 0.2) is 0 Å². The fourth-order valence-electron chi connectivity index (χ4n) is 7.59. The van der Waals surface area contributed by atoms with E-state index in [9.17, 15) is 28.8 Å². The van der Waals surface area contributed by atoms with Gasteiger partial charge in [-0.15, -0.1) is 0 Å². The molecule has 0 unspecified atom stereocenters. The van der Waals surface area contributed by atoms with E-state index in [0.717, 1.165) is 33.7 Å². The summed E-state index contributed by atoms with van der Waals surface area (Å²) in [5, 5.41) is 3.13. The van der Waals surface area contributed by atoms with E-state index >= 15 is 0 Å². The Morgan fingerprint density at radius 2 is 0.789 bits per heavy atom. The van der Waals surface area contributed by atoms with Crippen molar-refractivity contribution in [3.05, 3.63) is 230 Å². The smallest absolute Gasteiger partial charge is 0.343 e. The van der Waals surface area contributed by atoms with Crippen molar-refractivity contribution in [3.8, 4) is 45.6 Å². The maximum atomic E-state index is 13.7. The van der Waals surface area contributed by atoms with Gasteiger partial charge in [0, 0.05) is 35.4 Å². The molecule has 76 heavy (non-hydrogen) atoms. The summed E-state index contributed by atoms with van der Waals surface area (Å²) in [5.41, 5.74) is 2.64. The number of hydrogen-bond acceptors (Lipinski definition) is 14. The summed E-state index contributed by atoms with van der Waals surface area (Å²) < 4.78 is 44.3. The monoisotopic (exact) mass is 1010 g/mol. The maximum absolute atomic E-state index is 13.7. The Bertz CT molecular complexity index is 3300. The lowest BCUT2D eigenvalue weighted by Gasteiger charge is -2.18. The van der Waals surface area contributed by atoms with E-state index in [4.69, 9.17) is 37.9 Å². The van der Waals surface area contributed by atoms with Gasteiger partial charge in [-0.1, -0.05) is 98.1 Å². The largest absolute Gasteiger partial charge is 0.490 e. The molecule has 0 saturated heterocycles. The molecular formula is C62H46O14. The highest BCUT2D eigenvalue weighted by Gasteiger charge is 2.22. The minimum absolute atomic E-state index is 0.0372. The van der Waals surface area contributed by atoms with Crippen molar-refractivity contribution in [3.63, 3.8) is 0 Å². The van der Waals surface area contributed by atoms with Gasteiger partial charge in [-0.05, 0) is 130 Å². The quantitative estimate of drug-likeness (QED) is 0.0287. The number of rotatable bonds is 21. The van der Waals surface area contributed by atoms with Crippen LogP contribution in [-0.2, 0) is 28.7 Å². The molecule has 0 aliphatic carbocycles. The first-order valence-corrected chi connectivity index (χ1v) is 23.6. The molecule has 14 nitrogen and oxygen atoms in total. The number of fused-ring (bicyclic) bond motifs is 2. The van der Waals surface area contributed by atoms with E-state index in [1.807, 2.05) is 60.7 Å². The van der Waals surface area contributed by atoms with Gasteiger partial charge in [0.05, 0.1) is 11.1 Å². The zero-order chi connectivity index (χ0) is 53.2. The summed E-state index contributed by atoms with van der Waals surface area (Å²) >= 11 is 0.